The molecule has 1 aromatic heterocycles. The molecule has 0 radical (unpaired) electrons. The van der Waals surface area contributed by atoms with Gasteiger partial charge in [0.1, 0.15) is 0 Å². The van der Waals surface area contributed by atoms with Gasteiger partial charge in [-0.2, -0.15) is 0 Å². The van der Waals surface area contributed by atoms with Crippen LogP contribution in [0.5, 0.6) is 0 Å². The Balaban J connectivity index is 0.000000151. The predicted molar refractivity (Wildman–Crippen MR) is 63.3 cm³/mol. The van der Waals surface area contributed by atoms with Crippen molar-refractivity contribution in [1.82, 2.24) is 4.98 Å². The number of nitrogens with zero attached hydrogens (tertiary/aromatic N) is 1. The Morgan fingerprint density at radius 2 is 1.67 bits per heavy atom. The molecular weight excluding hydrogens is 184 g/mol. The molecule has 2 rings (SSSR count). The number of aromatic nitrogens is 1. The van der Waals surface area contributed by atoms with Gasteiger partial charge >= 0.3 is 0 Å². The third-order valence-corrected chi connectivity index (χ3v) is 1.89. The number of hydrogen-bond acceptors (Lipinski definition) is 2. The quantitative estimate of drug-likeness (QED) is 0.768. The molecule has 2 nitrogen and oxygen atoms in total. The number of nitrogens with two attached hydrogens (primary N) is 1. The van der Waals surface area contributed by atoms with Gasteiger partial charge in [-0.05, 0) is 24.6 Å². The van der Waals surface area contributed by atoms with Crippen molar-refractivity contribution in [3.05, 3.63) is 66.0 Å². The van der Waals surface area contributed by atoms with Gasteiger partial charge in [-0.15, -0.1) is 0 Å². The summed E-state index contributed by atoms with van der Waals surface area (Å²) >= 11 is 0. The molecule has 0 spiro atoms. The van der Waals surface area contributed by atoms with Gasteiger partial charge in [-0.25, -0.2) is 0 Å². The van der Waals surface area contributed by atoms with Crippen molar-refractivity contribution in [2.24, 2.45) is 5.73 Å². The first-order chi connectivity index (χ1) is 7.33. The lowest BCUT2D eigenvalue weighted by molar-refractivity contribution is 1.07. The van der Waals surface area contributed by atoms with Gasteiger partial charge in [-0.1, -0.05) is 36.4 Å². The van der Waals surface area contributed by atoms with Gasteiger partial charge in [0.15, 0.2) is 0 Å². The lowest BCUT2D eigenvalue weighted by Gasteiger charge is -1.90. The average molecular weight is 200 g/mol. The average Bonchev–Trinajstić information content (AvgIpc) is 2.32. The Hall–Kier alpha value is -1.67. The van der Waals surface area contributed by atoms with E-state index in [9.17, 15) is 0 Å². The Labute approximate surface area is 90.8 Å². The fourth-order valence-electron chi connectivity index (χ4n) is 1.06. The van der Waals surface area contributed by atoms with Crippen LogP contribution in [-0.4, -0.2) is 4.98 Å². The van der Waals surface area contributed by atoms with Crippen LogP contribution in [-0.2, 0) is 6.54 Å². The molecule has 0 saturated heterocycles. The highest BCUT2D eigenvalue weighted by Crippen LogP contribution is 1.94. The molecule has 0 saturated carbocycles. The van der Waals surface area contributed by atoms with Gasteiger partial charge in [-0.3, -0.25) is 4.98 Å². The van der Waals surface area contributed by atoms with E-state index in [2.05, 4.69) is 4.98 Å². The standard InChI is InChI=1S/C7H9N.C6H7N/c8-6-7-4-2-1-3-5-7;1-6-4-2-3-5-7-6/h1-5H,6,8H2;2-5H,1H3. The van der Waals surface area contributed by atoms with Crippen LogP contribution in [0.2, 0.25) is 0 Å². The number of rotatable bonds is 1. The second-order valence-corrected chi connectivity index (χ2v) is 3.16. The van der Waals surface area contributed by atoms with Crippen LogP contribution in [0.1, 0.15) is 11.3 Å². The van der Waals surface area contributed by atoms with Crippen molar-refractivity contribution in [1.29, 1.82) is 0 Å². The monoisotopic (exact) mass is 200 g/mol. The Bertz CT molecular complexity index is 357. The SMILES string of the molecule is Cc1ccccn1.NCc1ccccc1. The van der Waals surface area contributed by atoms with Crippen molar-refractivity contribution in [2.75, 3.05) is 0 Å². The third kappa shape index (κ3) is 4.93. The summed E-state index contributed by atoms with van der Waals surface area (Å²) in [5.41, 5.74) is 7.61. The minimum absolute atomic E-state index is 0.640. The first-order valence-electron chi connectivity index (χ1n) is 4.94. The van der Waals surface area contributed by atoms with Crippen LogP contribution in [0.15, 0.2) is 54.7 Å². The van der Waals surface area contributed by atoms with E-state index < -0.39 is 0 Å². The fourth-order valence-corrected chi connectivity index (χ4v) is 1.06. The van der Waals surface area contributed by atoms with E-state index in [-0.39, 0.29) is 0 Å². The molecule has 2 N–H and O–H groups in total. The molecule has 2 aromatic rings. The van der Waals surface area contributed by atoms with Crippen LogP contribution < -0.4 is 5.73 Å². The molecule has 1 aromatic carbocycles. The third-order valence-electron chi connectivity index (χ3n) is 1.89. The zero-order chi connectivity index (χ0) is 10.9. The highest BCUT2D eigenvalue weighted by molar-refractivity contribution is 5.13. The van der Waals surface area contributed by atoms with Crippen LogP contribution in [0.25, 0.3) is 0 Å². The molecule has 1 heterocycles. The van der Waals surface area contributed by atoms with E-state index in [1.54, 1.807) is 6.20 Å². The van der Waals surface area contributed by atoms with Gasteiger partial charge in [0, 0.05) is 18.4 Å². The van der Waals surface area contributed by atoms with E-state index >= 15 is 0 Å². The van der Waals surface area contributed by atoms with Crippen molar-refractivity contribution >= 4 is 0 Å². The zero-order valence-electron chi connectivity index (χ0n) is 8.93. The molecule has 0 aliphatic carbocycles. The number of pyridine rings is 1. The maximum absolute atomic E-state index is 5.35. The lowest BCUT2D eigenvalue weighted by Crippen LogP contribution is -1.94. The summed E-state index contributed by atoms with van der Waals surface area (Å²) in [6, 6.07) is 15.8. The maximum atomic E-state index is 5.35. The van der Waals surface area contributed by atoms with Crippen LogP contribution in [0.3, 0.4) is 0 Å². The molecule has 0 unspecified atom stereocenters. The molecular formula is C13H16N2. The van der Waals surface area contributed by atoms with E-state index in [1.807, 2.05) is 55.5 Å². The Morgan fingerprint density at radius 3 is 2.00 bits per heavy atom. The van der Waals surface area contributed by atoms with Crippen molar-refractivity contribution in [2.45, 2.75) is 13.5 Å². The molecule has 0 fully saturated rings. The summed E-state index contributed by atoms with van der Waals surface area (Å²) in [6.45, 7) is 2.61. The van der Waals surface area contributed by atoms with Crippen molar-refractivity contribution < 1.29 is 0 Å². The van der Waals surface area contributed by atoms with Crippen molar-refractivity contribution in [3.63, 3.8) is 0 Å². The predicted octanol–water partition coefficient (Wildman–Crippen LogP) is 2.54. The number of benzene rings is 1. The highest BCUT2D eigenvalue weighted by atomic mass is 14.6. The smallest absolute Gasteiger partial charge is 0.0372 e. The van der Waals surface area contributed by atoms with Crippen molar-refractivity contribution in [3.8, 4) is 0 Å². The highest BCUT2D eigenvalue weighted by Gasteiger charge is 1.80. The summed E-state index contributed by atoms with van der Waals surface area (Å²) in [5, 5.41) is 0. The zero-order valence-corrected chi connectivity index (χ0v) is 8.93. The number of hydrogen-bond donors (Lipinski definition) is 1. The second kappa shape index (κ2) is 6.74. The topological polar surface area (TPSA) is 38.9 Å². The molecule has 0 aliphatic rings. The molecule has 0 aliphatic heterocycles. The molecule has 0 bridgehead atoms. The maximum Gasteiger partial charge on any atom is 0.0372 e. The van der Waals surface area contributed by atoms with Gasteiger partial charge in [0.05, 0.1) is 0 Å². The van der Waals surface area contributed by atoms with Gasteiger partial charge in [0.2, 0.25) is 0 Å². The first kappa shape index (κ1) is 11.4. The summed E-state index contributed by atoms with van der Waals surface area (Å²) in [4.78, 5) is 3.98. The second-order valence-electron chi connectivity index (χ2n) is 3.16. The largest absolute Gasteiger partial charge is 0.326 e. The van der Waals surface area contributed by atoms with E-state index in [0.717, 1.165) is 5.69 Å². The summed E-state index contributed by atoms with van der Waals surface area (Å²) in [7, 11) is 0. The molecule has 2 heteroatoms. The minimum Gasteiger partial charge on any atom is -0.326 e. The summed E-state index contributed by atoms with van der Waals surface area (Å²) < 4.78 is 0. The number of aryl methyl sites for hydroxylation is 1. The van der Waals surface area contributed by atoms with Crippen LogP contribution >= 0.6 is 0 Å². The fraction of sp³-hybridized carbons (Fsp3) is 0.154. The molecule has 0 atom stereocenters. The molecule has 15 heavy (non-hydrogen) atoms. The normalized spacial score (nSPS) is 8.93. The lowest BCUT2D eigenvalue weighted by atomic mass is 10.2. The van der Waals surface area contributed by atoms with E-state index in [0.29, 0.717) is 6.54 Å². The Kier molecular flexibility index (Phi) is 5.12. The molecule has 78 valence electrons. The van der Waals surface area contributed by atoms with Crippen LogP contribution in [0.4, 0.5) is 0 Å². The summed E-state index contributed by atoms with van der Waals surface area (Å²) in [5.74, 6) is 0. The van der Waals surface area contributed by atoms with E-state index in [4.69, 9.17) is 5.73 Å². The summed E-state index contributed by atoms with van der Waals surface area (Å²) in [6.07, 6.45) is 1.79. The first-order valence-corrected chi connectivity index (χ1v) is 4.94. The van der Waals surface area contributed by atoms with Gasteiger partial charge < -0.3 is 5.73 Å². The van der Waals surface area contributed by atoms with Crippen LogP contribution in [0, 0.1) is 6.92 Å². The minimum atomic E-state index is 0.640. The Morgan fingerprint density at radius 1 is 1.00 bits per heavy atom. The molecule has 0 amide bonds. The van der Waals surface area contributed by atoms with Gasteiger partial charge in [0.25, 0.3) is 0 Å². The van der Waals surface area contributed by atoms with E-state index in [1.165, 1.54) is 5.56 Å².